The molecule has 100 valence electrons. The summed E-state index contributed by atoms with van der Waals surface area (Å²) in [5, 5.41) is 0. The fourth-order valence-corrected chi connectivity index (χ4v) is 2.53. The van der Waals surface area contributed by atoms with Crippen LogP contribution in [0.2, 0.25) is 0 Å². The molecule has 0 amide bonds. The molecule has 0 atom stereocenters. The van der Waals surface area contributed by atoms with E-state index >= 15 is 0 Å². The number of para-hydroxylation sites is 1. The van der Waals surface area contributed by atoms with Gasteiger partial charge in [-0.15, -0.1) is 0 Å². The van der Waals surface area contributed by atoms with E-state index in [9.17, 15) is 0 Å². The molecule has 3 nitrogen and oxygen atoms in total. The van der Waals surface area contributed by atoms with Gasteiger partial charge in [0.25, 0.3) is 0 Å². The highest BCUT2D eigenvalue weighted by Gasteiger charge is 2.21. The molecule has 18 heavy (non-hydrogen) atoms. The van der Waals surface area contributed by atoms with Crippen LogP contribution in [0.1, 0.15) is 38.2 Å². The van der Waals surface area contributed by atoms with Gasteiger partial charge in [0.15, 0.2) is 11.5 Å². The van der Waals surface area contributed by atoms with Gasteiger partial charge in [-0.2, -0.15) is 0 Å². The van der Waals surface area contributed by atoms with Crippen molar-refractivity contribution in [2.75, 3.05) is 7.11 Å². The molecule has 0 radical (unpaired) electrons. The summed E-state index contributed by atoms with van der Waals surface area (Å²) in [6.07, 6.45) is 5.06. The van der Waals surface area contributed by atoms with Crippen LogP contribution in [0, 0.1) is 5.92 Å². The Kier molecular flexibility index (Phi) is 4.48. The number of rotatable bonds is 4. The van der Waals surface area contributed by atoms with Crippen molar-refractivity contribution < 1.29 is 9.47 Å². The van der Waals surface area contributed by atoms with Gasteiger partial charge in [-0.05, 0) is 37.7 Å². The summed E-state index contributed by atoms with van der Waals surface area (Å²) in [5.74, 6) is 2.45. The Labute approximate surface area is 109 Å². The molecule has 0 aromatic heterocycles. The van der Waals surface area contributed by atoms with Crippen molar-refractivity contribution >= 4 is 0 Å². The first-order chi connectivity index (χ1) is 8.74. The maximum atomic E-state index is 6.14. The van der Waals surface area contributed by atoms with E-state index in [2.05, 4.69) is 6.92 Å². The first kappa shape index (κ1) is 13.2. The zero-order chi connectivity index (χ0) is 13.0. The third-order valence-corrected chi connectivity index (χ3v) is 3.75. The van der Waals surface area contributed by atoms with E-state index < -0.39 is 0 Å². The van der Waals surface area contributed by atoms with Crippen molar-refractivity contribution in [3.05, 3.63) is 23.8 Å². The summed E-state index contributed by atoms with van der Waals surface area (Å²) in [6.45, 7) is 2.79. The summed E-state index contributed by atoms with van der Waals surface area (Å²) < 4.78 is 11.5. The van der Waals surface area contributed by atoms with Crippen LogP contribution in [-0.4, -0.2) is 13.2 Å². The smallest absolute Gasteiger partial charge is 0.166 e. The molecule has 0 unspecified atom stereocenters. The number of nitrogens with two attached hydrogens (primary N) is 1. The standard InChI is InChI=1S/C15H23NO2/c1-11-6-8-13(9-7-11)18-15-12(10-16)4-3-5-14(15)17-2/h3-5,11,13H,6-10,16H2,1-2H3. The van der Waals surface area contributed by atoms with Gasteiger partial charge >= 0.3 is 0 Å². The van der Waals surface area contributed by atoms with Crippen molar-refractivity contribution in [3.63, 3.8) is 0 Å². The van der Waals surface area contributed by atoms with Crippen molar-refractivity contribution in [2.24, 2.45) is 11.7 Å². The highest BCUT2D eigenvalue weighted by atomic mass is 16.5. The SMILES string of the molecule is COc1cccc(CN)c1OC1CCC(C)CC1. The Morgan fingerprint density at radius 2 is 1.94 bits per heavy atom. The van der Waals surface area contributed by atoms with Crippen LogP contribution in [0.4, 0.5) is 0 Å². The Hall–Kier alpha value is -1.22. The molecular weight excluding hydrogens is 226 g/mol. The lowest BCUT2D eigenvalue weighted by Crippen LogP contribution is -2.24. The quantitative estimate of drug-likeness (QED) is 0.891. The van der Waals surface area contributed by atoms with E-state index in [4.69, 9.17) is 15.2 Å². The average molecular weight is 249 g/mol. The number of ether oxygens (including phenoxy) is 2. The highest BCUT2D eigenvalue weighted by Crippen LogP contribution is 2.35. The van der Waals surface area contributed by atoms with Gasteiger partial charge < -0.3 is 15.2 Å². The van der Waals surface area contributed by atoms with Gasteiger partial charge in [0.2, 0.25) is 0 Å². The zero-order valence-corrected chi connectivity index (χ0v) is 11.3. The predicted octanol–water partition coefficient (Wildman–Crippen LogP) is 3.11. The fraction of sp³-hybridized carbons (Fsp3) is 0.600. The topological polar surface area (TPSA) is 44.5 Å². The molecule has 0 saturated heterocycles. The molecule has 1 saturated carbocycles. The second kappa shape index (κ2) is 6.10. The fourth-order valence-electron chi connectivity index (χ4n) is 2.53. The van der Waals surface area contributed by atoms with E-state index in [-0.39, 0.29) is 0 Å². The summed E-state index contributed by atoms with van der Waals surface area (Å²) in [5.41, 5.74) is 6.79. The number of benzene rings is 1. The molecule has 0 heterocycles. The van der Waals surface area contributed by atoms with Crippen molar-refractivity contribution in [1.82, 2.24) is 0 Å². The maximum absolute atomic E-state index is 6.14. The summed E-state index contributed by atoms with van der Waals surface area (Å²) in [7, 11) is 1.67. The first-order valence-corrected chi connectivity index (χ1v) is 6.77. The first-order valence-electron chi connectivity index (χ1n) is 6.77. The molecule has 1 aliphatic carbocycles. The van der Waals surface area contributed by atoms with Crippen LogP contribution in [0.15, 0.2) is 18.2 Å². The number of hydrogen-bond donors (Lipinski definition) is 1. The second-order valence-electron chi connectivity index (χ2n) is 5.15. The van der Waals surface area contributed by atoms with Crippen LogP contribution < -0.4 is 15.2 Å². The van der Waals surface area contributed by atoms with Crippen molar-refractivity contribution in [1.29, 1.82) is 0 Å². The molecule has 1 fully saturated rings. The van der Waals surface area contributed by atoms with E-state index in [1.165, 1.54) is 12.8 Å². The van der Waals surface area contributed by atoms with E-state index in [0.29, 0.717) is 12.6 Å². The molecule has 3 heteroatoms. The Balaban J connectivity index is 2.12. The summed E-state index contributed by atoms with van der Waals surface area (Å²) in [4.78, 5) is 0. The molecule has 1 aromatic rings. The minimum atomic E-state index is 0.308. The van der Waals surface area contributed by atoms with Crippen LogP contribution in [0.25, 0.3) is 0 Å². The molecule has 1 aromatic carbocycles. The van der Waals surface area contributed by atoms with Crippen LogP contribution in [-0.2, 0) is 6.54 Å². The lowest BCUT2D eigenvalue weighted by atomic mass is 9.89. The monoisotopic (exact) mass is 249 g/mol. The van der Waals surface area contributed by atoms with E-state index in [1.54, 1.807) is 7.11 Å². The molecule has 0 bridgehead atoms. The highest BCUT2D eigenvalue weighted by molar-refractivity contribution is 5.46. The van der Waals surface area contributed by atoms with Gasteiger partial charge in [-0.1, -0.05) is 19.1 Å². The third kappa shape index (κ3) is 2.96. The van der Waals surface area contributed by atoms with Gasteiger partial charge in [-0.25, -0.2) is 0 Å². The van der Waals surface area contributed by atoms with Gasteiger partial charge in [-0.3, -0.25) is 0 Å². The molecule has 2 N–H and O–H groups in total. The van der Waals surface area contributed by atoms with Crippen LogP contribution >= 0.6 is 0 Å². The summed E-state index contributed by atoms with van der Waals surface area (Å²) >= 11 is 0. The largest absolute Gasteiger partial charge is 0.493 e. The number of hydrogen-bond acceptors (Lipinski definition) is 3. The molecule has 2 rings (SSSR count). The van der Waals surface area contributed by atoms with Gasteiger partial charge in [0.1, 0.15) is 0 Å². The lowest BCUT2D eigenvalue weighted by molar-refractivity contribution is 0.130. The molecular formula is C15H23NO2. The van der Waals surface area contributed by atoms with E-state index in [1.807, 2.05) is 18.2 Å². The molecule has 0 aliphatic heterocycles. The third-order valence-electron chi connectivity index (χ3n) is 3.75. The van der Waals surface area contributed by atoms with Crippen LogP contribution in [0.5, 0.6) is 11.5 Å². The minimum Gasteiger partial charge on any atom is -0.493 e. The zero-order valence-electron chi connectivity index (χ0n) is 11.3. The average Bonchev–Trinajstić information content (AvgIpc) is 2.41. The Morgan fingerprint density at radius 3 is 2.56 bits per heavy atom. The van der Waals surface area contributed by atoms with Crippen molar-refractivity contribution in [2.45, 2.75) is 45.3 Å². The predicted molar refractivity (Wildman–Crippen MR) is 72.9 cm³/mol. The lowest BCUT2D eigenvalue weighted by Gasteiger charge is -2.28. The molecule has 0 spiro atoms. The maximum Gasteiger partial charge on any atom is 0.166 e. The van der Waals surface area contributed by atoms with E-state index in [0.717, 1.165) is 35.8 Å². The van der Waals surface area contributed by atoms with Crippen molar-refractivity contribution in [3.8, 4) is 11.5 Å². The Bertz CT molecular complexity index is 362. The van der Waals surface area contributed by atoms with Gasteiger partial charge in [0, 0.05) is 12.1 Å². The summed E-state index contributed by atoms with van der Waals surface area (Å²) in [6, 6.07) is 5.89. The normalized spacial score (nSPS) is 23.7. The minimum absolute atomic E-state index is 0.308. The number of methoxy groups -OCH3 is 1. The van der Waals surface area contributed by atoms with Crippen LogP contribution in [0.3, 0.4) is 0 Å². The second-order valence-corrected chi connectivity index (χ2v) is 5.15. The van der Waals surface area contributed by atoms with Gasteiger partial charge in [0.05, 0.1) is 13.2 Å². The Morgan fingerprint density at radius 1 is 1.22 bits per heavy atom. The molecule has 1 aliphatic rings.